The van der Waals surface area contributed by atoms with Crippen molar-refractivity contribution in [3.8, 4) is 34.5 Å². The van der Waals surface area contributed by atoms with Crippen molar-refractivity contribution >= 4 is 15.9 Å². The van der Waals surface area contributed by atoms with Gasteiger partial charge >= 0.3 is 0 Å². The fraction of sp³-hybridized carbons (Fsp3) is 0.0455. The first-order valence-corrected chi connectivity index (χ1v) is 10.1. The summed E-state index contributed by atoms with van der Waals surface area (Å²) in [7, 11) is 0. The molecule has 0 fully saturated rings. The Kier molecular flexibility index (Phi) is 4.56. The van der Waals surface area contributed by atoms with Gasteiger partial charge in [0.05, 0.1) is 29.1 Å². The average molecular weight is 477 g/mol. The summed E-state index contributed by atoms with van der Waals surface area (Å²) in [4.78, 5) is 0. The summed E-state index contributed by atoms with van der Waals surface area (Å²) in [5.41, 5.74) is 10.7. The van der Waals surface area contributed by atoms with Gasteiger partial charge in [0.25, 0.3) is 0 Å². The minimum atomic E-state index is -0.579. The Bertz CT molecular complexity index is 1350. The van der Waals surface area contributed by atoms with Crippen LogP contribution in [0.2, 0.25) is 0 Å². The van der Waals surface area contributed by atoms with Gasteiger partial charge in [0.1, 0.15) is 17.5 Å². The van der Waals surface area contributed by atoms with Gasteiger partial charge in [-0.05, 0) is 36.4 Å². The van der Waals surface area contributed by atoms with E-state index in [1.54, 1.807) is 18.3 Å². The molecule has 31 heavy (non-hydrogen) atoms. The minimum absolute atomic E-state index is 0.0138. The predicted octanol–water partition coefficient (Wildman–Crippen LogP) is 4.59. The van der Waals surface area contributed by atoms with Crippen molar-refractivity contribution in [3.63, 3.8) is 0 Å². The van der Waals surface area contributed by atoms with E-state index in [1.165, 1.54) is 12.1 Å². The maximum absolute atomic E-state index is 13.5. The zero-order chi connectivity index (χ0) is 21.5. The Morgan fingerprint density at radius 2 is 1.71 bits per heavy atom. The highest BCUT2D eigenvalue weighted by Gasteiger charge is 2.37. The number of aromatic amines is 2. The van der Waals surface area contributed by atoms with Crippen LogP contribution in [0.1, 0.15) is 17.0 Å². The molecule has 2 aromatic carbocycles. The average Bonchev–Trinajstić information content (AvgIpc) is 3.41. The number of nitriles is 1. The first-order chi connectivity index (χ1) is 15.1. The Balaban J connectivity index is 1.72. The van der Waals surface area contributed by atoms with E-state index in [0.717, 1.165) is 15.6 Å². The fourth-order valence-electron chi connectivity index (χ4n) is 3.75. The molecule has 2 aromatic heterocycles. The minimum Gasteiger partial charge on any atom is -0.420 e. The van der Waals surface area contributed by atoms with Crippen LogP contribution in [0.4, 0.5) is 4.39 Å². The number of hydrogen-bond donors (Lipinski definition) is 3. The van der Waals surface area contributed by atoms with Crippen molar-refractivity contribution in [2.75, 3.05) is 0 Å². The maximum atomic E-state index is 13.5. The summed E-state index contributed by atoms with van der Waals surface area (Å²) < 4.78 is 20.0. The number of ether oxygens (including phenoxy) is 1. The van der Waals surface area contributed by atoms with Gasteiger partial charge in [-0.1, -0.05) is 28.1 Å². The lowest BCUT2D eigenvalue weighted by molar-refractivity contribution is 0.379. The number of aromatic nitrogens is 4. The number of H-pyrrole nitrogens is 2. The number of halogens is 2. The van der Waals surface area contributed by atoms with Crippen LogP contribution in [0.25, 0.3) is 22.5 Å². The van der Waals surface area contributed by atoms with E-state index in [4.69, 9.17) is 10.5 Å². The number of nitrogens with one attached hydrogen (secondary N) is 2. The second-order valence-corrected chi connectivity index (χ2v) is 7.87. The lowest BCUT2D eigenvalue weighted by atomic mass is 9.82. The highest BCUT2D eigenvalue weighted by molar-refractivity contribution is 9.10. The molecule has 0 spiro atoms. The van der Waals surface area contributed by atoms with Crippen LogP contribution in [-0.2, 0) is 0 Å². The third kappa shape index (κ3) is 3.17. The molecule has 5 rings (SSSR count). The maximum Gasteiger partial charge on any atom is 0.244 e. The summed E-state index contributed by atoms with van der Waals surface area (Å²) in [5, 5.41) is 24.4. The SMILES string of the molecule is N#CC1=C(N)Oc2n[nH]c(-c3ccc(Br)cc3)c2C1c1cn[nH]c1-c1ccc(F)cc1. The molecule has 0 aliphatic carbocycles. The second-order valence-electron chi connectivity index (χ2n) is 6.96. The quantitative estimate of drug-likeness (QED) is 0.399. The Hall–Kier alpha value is -3.90. The monoisotopic (exact) mass is 476 g/mol. The summed E-state index contributed by atoms with van der Waals surface area (Å²) in [6, 6.07) is 15.9. The van der Waals surface area contributed by atoms with Gasteiger partial charge in [-0.3, -0.25) is 10.2 Å². The van der Waals surface area contributed by atoms with Crippen LogP contribution in [0.3, 0.4) is 0 Å². The lowest BCUT2D eigenvalue weighted by Gasteiger charge is -2.24. The van der Waals surface area contributed by atoms with Crippen molar-refractivity contribution in [2.45, 2.75) is 5.92 Å². The molecule has 0 saturated carbocycles. The van der Waals surface area contributed by atoms with Gasteiger partial charge < -0.3 is 10.5 Å². The van der Waals surface area contributed by atoms with Crippen molar-refractivity contribution in [2.24, 2.45) is 5.73 Å². The van der Waals surface area contributed by atoms with Gasteiger partial charge in [0, 0.05) is 21.2 Å². The van der Waals surface area contributed by atoms with E-state index >= 15 is 0 Å². The lowest BCUT2D eigenvalue weighted by Crippen LogP contribution is -2.21. The molecule has 0 saturated heterocycles. The Morgan fingerprint density at radius 3 is 2.42 bits per heavy atom. The normalized spacial score (nSPS) is 15.3. The van der Waals surface area contributed by atoms with E-state index in [-0.39, 0.29) is 17.3 Å². The first-order valence-electron chi connectivity index (χ1n) is 9.27. The van der Waals surface area contributed by atoms with Crippen LogP contribution < -0.4 is 10.5 Å². The highest BCUT2D eigenvalue weighted by atomic mass is 79.9. The molecule has 0 radical (unpaired) electrons. The smallest absolute Gasteiger partial charge is 0.244 e. The van der Waals surface area contributed by atoms with E-state index in [1.807, 2.05) is 24.3 Å². The molecular weight excluding hydrogens is 463 g/mol. The predicted molar refractivity (Wildman–Crippen MR) is 115 cm³/mol. The largest absolute Gasteiger partial charge is 0.420 e. The van der Waals surface area contributed by atoms with E-state index in [0.29, 0.717) is 28.4 Å². The first kappa shape index (κ1) is 19.1. The molecule has 1 unspecified atom stereocenters. The summed E-state index contributed by atoms with van der Waals surface area (Å²) in [5.74, 6) is -0.636. The van der Waals surface area contributed by atoms with Crippen LogP contribution in [0.5, 0.6) is 5.88 Å². The van der Waals surface area contributed by atoms with Crippen molar-refractivity contribution < 1.29 is 9.13 Å². The molecule has 0 amide bonds. The summed E-state index contributed by atoms with van der Waals surface area (Å²) in [6.07, 6.45) is 1.64. The zero-order valence-electron chi connectivity index (χ0n) is 15.9. The molecule has 0 bridgehead atoms. The Labute approximate surface area is 184 Å². The van der Waals surface area contributed by atoms with Gasteiger partial charge in [-0.25, -0.2) is 4.39 Å². The molecule has 1 atom stereocenters. The molecular formula is C22H14BrFN6O. The number of rotatable bonds is 3. The summed E-state index contributed by atoms with van der Waals surface area (Å²) in [6.45, 7) is 0. The van der Waals surface area contributed by atoms with E-state index in [9.17, 15) is 9.65 Å². The Morgan fingerprint density at radius 1 is 1.03 bits per heavy atom. The number of nitrogens with zero attached hydrogens (tertiary/aromatic N) is 3. The van der Waals surface area contributed by atoms with Crippen molar-refractivity contribution in [1.29, 1.82) is 5.26 Å². The van der Waals surface area contributed by atoms with Gasteiger partial charge in [0.2, 0.25) is 11.8 Å². The molecule has 152 valence electrons. The molecule has 3 heterocycles. The number of fused-ring (bicyclic) bond motifs is 1. The molecule has 1 aliphatic rings. The highest BCUT2D eigenvalue weighted by Crippen LogP contribution is 2.47. The molecule has 1 aliphatic heterocycles. The number of benzene rings is 2. The van der Waals surface area contributed by atoms with Crippen LogP contribution in [0, 0.1) is 17.1 Å². The van der Waals surface area contributed by atoms with Gasteiger partial charge in [0.15, 0.2) is 0 Å². The third-order valence-corrected chi connectivity index (χ3v) is 5.71. The number of nitrogens with two attached hydrogens (primary N) is 1. The van der Waals surface area contributed by atoms with Crippen molar-refractivity contribution in [1.82, 2.24) is 20.4 Å². The third-order valence-electron chi connectivity index (χ3n) is 5.18. The van der Waals surface area contributed by atoms with Gasteiger partial charge in [-0.2, -0.15) is 10.4 Å². The molecule has 7 nitrogen and oxygen atoms in total. The fourth-order valence-corrected chi connectivity index (χ4v) is 4.02. The van der Waals surface area contributed by atoms with Gasteiger partial charge in [-0.15, -0.1) is 5.10 Å². The molecule has 9 heteroatoms. The van der Waals surface area contributed by atoms with E-state index < -0.39 is 5.92 Å². The summed E-state index contributed by atoms with van der Waals surface area (Å²) >= 11 is 3.44. The number of hydrogen-bond acceptors (Lipinski definition) is 5. The molecule has 4 N–H and O–H groups in total. The molecule has 4 aromatic rings. The topological polar surface area (TPSA) is 116 Å². The second kappa shape index (κ2) is 7.41. The number of allylic oxidation sites excluding steroid dienone is 1. The van der Waals surface area contributed by atoms with Crippen LogP contribution in [-0.4, -0.2) is 20.4 Å². The zero-order valence-corrected chi connectivity index (χ0v) is 17.4. The van der Waals surface area contributed by atoms with E-state index in [2.05, 4.69) is 42.4 Å². The van der Waals surface area contributed by atoms with Crippen LogP contribution in [0.15, 0.2) is 70.7 Å². The standard InChI is InChI=1S/C22H14BrFN6O/c23-13-5-1-12(2-6-13)20-18-17(15(9-25)21(26)31-22(18)30-29-20)16-10-27-28-19(16)11-3-7-14(24)8-4-11/h1-8,10,17H,26H2,(H,27,28)(H,29,30). The van der Waals surface area contributed by atoms with Crippen LogP contribution >= 0.6 is 15.9 Å². The van der Waals surface area contributed by atoms with Crippen molar-refractivity contribution in [3.05, 3.63) is 87.6 Å².